The van der Waals surface area contributed by atoms with E-state index in [-0.39, 0.29) is 11.8 Å². The van der Waals surface area contributed by atoms with Crippen LogP contribution in [0.15, 0.2) is 24.3 Å². The summed E-state index contributed by atoms with van der Waals surface area (Å²) in [7, 11) is 1.56. The topological polar surface area (TPSA) is 63.4 Å². The summed E-state index contributed by atoms with van der Waals surface area (Å²) in [6.45, 7) is 1.98. The molecule has 4 nitrogen and oxygen atoms in total. The minimum atomic E-state index is -0.573. The molecule has 1 aliphatic heterocycles. The van der Waals surface area contributed by atoms with E-state index in [1.807, 2.05) is 19.1 Å². The minimum absolute atomic E-state index is 0.0977. The molecule has 0 aliphatic carbocycles. The first-order chi connectivity index (χ1) is 8.51. The molecule has 0 aromatic heterocycles. The quantitative estimate of drug-likeness (QED) is 0.638. The van der Waals surface area contributed by atoms with Crippen molar-refractivity contribution in [2.45, 2.75) is 31.6 Å². The first kappa shape index (κ1) is 12.6. The molecule has 1 atom stereocenters. The van der Waals surface area contributed by atoms with Crippen molar-refractivity contribution in [3.63, 3.8) is 0 Å². The Morgan fingerprint density at radius 2 is 1.89 bits per heavy atom. The molecule has 2 amide bonds. The number of nitrogens with zero attached hydrogens (tertiary/aromatic N) is 1. The summed E-state index contributed by atoms with van der Waals surface area (Å²) in [6.07, 6.45) is 1.68. The van der Waals surface area contributed by atoms with Gasteiger partial charge >= 0.3 is 0 Å². The van der Waals surface area contributed by atoms with E-state index in [0.29, 0.717) is 24.9 Å². The van der Waals surface area contributed by atoms with Gasteiger partial charge in [0.05, 0.1) is 5.41 Å². The Balaban J connectivity index is 2.45. The number of imide groups is 1. The van der Waals surface area contributed by atoms with E-state index >= 15 is 0 Å². The number of likely N-dealkylation sites (N-methyl/N-ethyl adjacent to an activating group) is 1. The number of carbonyl (C=O) groups excluding carboxylic acids is 2. The molecule has 1 aromatic rings. The maximum Gasteiger partial charge on any atom is 0.239 e. The van der Waals surface area contributed by atoms with Gasteiger partial charge in [-0.25, -0.2) is 0 Å². The monoisotopic (exact) mass is 246 g/mol. The van der Waals surface area contributed by atoms with Crippen molar-refractivity contribution in [1.29, 1.82) is 0 Å². The van der Waals surface area contributed by atoms with Crippen molar-refractivity contribution < 1.29 is 9.59 Å². The Kier molecular flexibility index (Phi) is 3.11. The molecule has 1 unspecified atom stereocenters. The molecule has 1 aromatic carbocycles. The number of nitrogens with two attached hydrogens (primary N) is 1. The number of likely N-dealkylation sites (tertiary alicyclic amines) is 1. The van der Waals surface area contributed by atoms with Crippen molar-refractivity contribution in [2.75, 3.05) is 12.8 Å². The summed E-state index contributed by atoms with van der Waals surface area (Å²) >= 11 is 0. The summed E-state index contributed by atoms with van der Waals surface area (Å²) in [6, 6.07) is 7.38. The second kappa shape index (κ2) is 4.44. The number of piperidine rings is 1. The van der Waals surface area contributed by atoms with Crippen LogP contribution in [-0.4, -0.2) is 23.8 Å². The Labute approximate surface area is 107 Å². The number of rotatable bonds is 2. The molecule has 0 spiro atoms. The molecule has 18 heavy (non-hydrogen) atoms. The van der Waals surface area contributed by atoms with Gasteiger partial charge in [-0.15, -0.1) is 0 Å². The first-order valence-electron chi connectivity index (χ1n) is 6.18. The summed E-state index contributed by atoms with van der Waals surface area (Å²) in [5.74, 6) is -0.203. The highest BCUT2D eigenvalue weighted by molar-refractivity contribution is 6.03. The van der Waals surface area contributed by atoms with Gasteiger partial charge in [-0.3, -0.25) is 14.5 Å². The fourth-order valence-corrected chi connectivity index (χ4v) is 2.63. The maximum absolute atomic E-state index is 12.4. The highest BCUT2D eigenvalue weighted by Crippen LogP contribution is 2.38. The predicted octanol–water partition coefficient (Wildman–Crippen LogP) is 1.70. The van der Waals surface area contributed by atoms with Crippen molar-refractivity contribution in [2.24, 2.45) is 0 Å². The molecule has 2 N–H and O–H groups in total. The minimum Gasteiger partial charge on any atom is -0.399 e. The van der Waals surface area contributed by atoms with E-state index in [1.54, 1.807) is 19.2 Å². The van der Waals surface area contributed by atoms with Crippen LogP contribution in [0, 0.1) is 0 Å². The molecule has 0 saturated carbocycles. The third kappa shape index (κ3) is 1.78. The van der Waals surface area contributed by atoms with Gasteiger partial charge in [0.1, 0.15) is 0 Å². The molecule has 0 bridgehead atoms. The molecule has 1 aliphatic rings. The predicted molar refractivity (Wildman–Crippen MR) is 69.8 cm³/mol. The Morgan fingerprint density at radius 1 is 1.28 bits per heavy atom. The van der Waals surface area contributed by atoms with Gasteiger partial charge in [-0.05, 0) is 30.5 Å². The second-order valence-electron chi connectivity index (χ2n) is 4.82. The van der Waals surface area contributed by atoms with E-state index < -0.39 is 5.41 Å². The van der Waals surface area contributed by atoms with Crippen molar-refractivity contribution in [1.82, 2.24) is 4.90 Å². The molecular weight excluding hydrogens is 228 g/mol. The molecule has 0 radical (unpaired) electrons. The van der Waals surface area contributed by atoms with Crippen LogP contribution in [0.3, 0.4) is 0 Å². The van der Waals surface area contributed by atoms with Gasteiger partial charge in [-0.2, -0.15) is 0 Å². The number of amides is 2. The average molecular weight is 246 g/mol. The molecule has 2 rings (SSSR count). The van der Waals surface area contributed by atoms with Crippen LogP contribution in [0.2, 0.25) is 0 Å². The van der Waals surface area contributed by atoms with Gasteiger partial charge in [0.25, 0.3) is 0 Å². The number of benzene rings is 1. The molecular formula is C14H18N2O2. The lowest BCUT2D eigenvalue weighted by atomic mass is 9.71. The smallest absolute Gasteiger partial charge is 0.239 e. The van der Waals surface area contributed by atoms with Gasteiger partial charge in [0.15, 0.2) is 0 Å². The van der Waals surface area contributed by atoms with Crippen LogP contribution in [0.5, 0.6) is 0 Å². The molecule has 1 saturated heterocycles. The van der Waals surface area contributed by atoms with E-state index in [4.69, 9.17) is 5.73 Å². The van der Waals surface area contributed by atoms with Crippen LogP contribution < -0.4 is 5.73 Å². The van der Waals surface area contributed by atoms with Crippen LogP contribution in [0.4, 0.5) is 5.69 Å². The van der Waals surface area contributed by atoms with E-state index in [1.165, 1.54) is 4.90 Å². The van der Waals surface area contributed by atoms with Crippen LogP contribution in [0.25, 0.3) is 0 Å². The first-order valence-corrected chi connectivity index (χ1v) is 6.18. The number of nitrogen functional groups attached to an aromatic ring is 1. The van der Waals surface area contributed by atoms with Gasteiger partial charge in [-0.1, -0.05) is 19.1 Å². The molecule has 96 valence electrons. The zero-order valence-electron chi connectivity index (χ0n) is 10.8. The lowest BCUT2D eigenvalue weighted by Gasteiger charge is -2.39. The van der Waals surface area contributed by atoms with Crippen molar-refractivity contribution in [3.8, 4) is 0 Å². The number of carbonyl (C=O) groups is 2. The SMILES string of the molecule is CCC1(c2ccc(N)cc2)CCC(=O)N(C)C1=O. The number of hydrogen-bond donors (Lipinski definition) is 1. The molecule has 1 fully saturated rings. The fourth-order valence-electron chi connectivity index (χ4n) is 2.63. The van der Waals surface area contributed by atoms with E-state index in [9.17, 15) is 9.59 Å². The zero-order chi connectivity index (χ0) is 13.3. The highest BCUT2D eigenvalue weighted by atomic mass is 16.2. The summed E-state index contributed by atoms with van der Waals surface area (Å²) in [4.78, 5) is 25.3. The van der Waals surface area contributed by atoms with Crippen molar-refractivity contribution >= 4 is 17.5 Å². The maximum atomic E-state index is 12.4. The normalized spacial score (nSPS) is 24.4. The average Bonchev–Trinajstić information content (AvgIpc) is 2.38. The van der Waals surface area contributed by atoms with Crippen LogP contribution >= 0.6 is 0 Å². The number of hydrogen-bond acceptors (Lipinski definition) is 3. The Bertz CT molecular complexity index is 481. The van der Waals surface area contributed by atoms with Crippen molar-refractivity contribution in [3.05, 3.63) is 29.8 Å². The van der Waals surface area contributed by atoms with Crippen LogP contribution in [-0.2, 0) is 15.0 Å². The highest BCUT2D eigenvalue weighted by Gasteiger charge is 2.45. The van der Waals surface area contributed by atoms with Gasteiger partial charge in [0.2, 0.25) is 11.8 Å². The Morgan fingerprint density at radius 3 is 2.44 bits per heavy atom. The lowest BCUT2D eigenvalue weighted by Crippen LogP contribution is -2.51. The summed E-state index contributed by atoms with van der Waals surface area (Å²) in [5, 5.41) is 0. The third-order valence-electron chi connectivity index (χ3n) is 3.92. The molecule has 1 heterocycles. The third-order valence-corrected chi connectivity index (χ3v) is 3.92. The Hall–Kier alpha value is -1.84. The van der Waals surface area contributed by atoms with E-state index in [0.717, 1.165) is 5.56 Å². The standard InChI is InChI=1S/C14H18N2O2/c1-3-14(10-4-6-11(15)7-5-10)9-8-12(17)16(2)13(14)18/h4-7H,3,8-9,15H2,1-2H3. The second-order valence-corrected chi connectivity index (χ2v) is 4.82. The van der Waals surface area contributed by atoms with E-state index in [2.05, 4.69) is 0 Å². The lowest BCUT2D eigenvalue weighted by molar-refractivity contribution is -0.151. The molecule has 4 heteroatoms. The fraction of sp³-hybridized carbons (Fsp3) is 0.429. The zero-order valence-corrected chi connectivity index (χ0v) is 10.8. The summed E-state index contributed by atoms with van der Waals surface area (Å²) in [5.41, 5.74) is 6.73. The largest absolute Gasteiger partial charge is 0.399 e. The number of anilines is 1. The summed E-state index contributed by atoms with van der Waals surface area (Å²) < 4.78 is 0. The van der Waals surface area contributed by atoms with Gasteiger partial charge < -0.3 is 5.73 Å². The van der Waals surface area contributed by atoms with Gasteiger partial charge in [0, 0.05) is 19.2 Å². The van der Waals surface area contributed by atoms with Crippen LogP contribution in [0.1, 0.15) is 31.7 Å².